The van der Waals surface area contributed by atoms with Crippen molar-refractivity contribution in [1.29, 1.82) is 0 Å². The lowest BCUT2D eigenvalue weighted by Crippen LogP contribution is -2.46. The molecule has 1 fully saturated rings. The van der Waals surface area contributed by atoms with Crippen molar-refractivity contribution in [3.8, 4) is 0 Å². The van der Waals surface area contributed by atoms with Gasteiger partial charge in [-0.25, -0.2) is 0 Å². The average Bonchev–Trinajstić information content (AvgIpc) is 3.10. The fourth-order valence-electron chi connectivity index (χ4n) is 3.40. The Labute approximate surface area is 126 Å². The minimum absolute atomic E-state index is 0.138. The molecule has 3 N–H and O–H groups in total. The largest absolute Gasteiger partial charge is 0.395 e. The van der Waals surface area contributed by atoms with Gasteiger partial charge in [0.25, 0.3) is 0 Å². The van der Waals surface area contributed by atoms with Gasteiger partial charge in [-0.1, -0.05) is 19.8 Å². The second-order valence-corrected chi connectivity index (χ2v) is 6.83. The predicted octanol–water partition coefficient (Wildman–Crippen LogP) is 3.07. The first-order valence-electron chi connectivity index (χ1n) is 7.85. The van der Waals surface area contributed by atoms with Crippen molar-refractivity contribution in [2.75, 3.05) is 13.2 Å². The molecule has 0 radical (unpaired) electrons. The van der Waals surface area contributed by atoms with Crippen LogP contribution in [0.3, 0.4) is 0 Å². The van der Waals surface area contributed by atoms with Crippen molar-refractivity contribution >= 4 is 11.3 Å². The van der Waals surface area contributed by atoms with Crippen molar-refractivity contribution in [1.82, 2.24) is 4.90 Å². The molecule has 114 valence electrons. The number of aryl methyl sites for hydroxylation is 1. The molecule has 4 heteroatoms. The maximum atomic E-state index is 9.49. The molecule has 0 bridgehead atoms. The Morgan fingerprint density at radius 1 is 1.45 bits per heavy atom. The van der Waals surface area contributed by atoms with E-state index >= 15 is 0 Å². The minimum Gasteiger partial charge on any atom is -0.395 e. The van der Waals surface area contributed by atoms with Crippen molar-refractivity contribution in [2.24, 2.45) is 5.73 Å². The zero-order valence-electron chi connectivity index (χ0n) is 12.7. The van der Waals surface area contributed by atoms with E-state index in [1.807, 2.05) is 11.3 Å². The molecule has 3 nitrogen and oxygen atoms in total. The third kappa shape index (κ3) is 3.42. The summed E-state index contributed by atoms with van der Waals surface area (Å²) in [5.41, 5.74) is 7.80. The first kappa shape index (κ1) is 16.0. The summed E-state index contributed by atoms with van der Waals surface area (Å²) < 4.78 is 0. The molecule has 20 heavy (non-hydrogen) atoms. The maximum Gasteiger partial charge on any atom is 0.0599 e. The van der Waals surface area contributed by atoms with E-state index in [4.69, 9.17) is 5.73 Å². The number of nitrogens with two attached hydrogens (primary N) is 1. The zero-order chi connectivity index (χ0) is 14.5. The molecule has 0 spiro atoms. The van der Waals surface area contributed by atoms with Gasteiger partial charge in [0.1, 0.15) is 0 Å². The maximum absolute atomic E-state index is 9.49. The fraction of sp³-hybridized carbons (Fsp3) is 0.750. The first-order chi connectivity index (χ1) is 9.69. The Kier molecular flexibility index (Phi) is 6.02. The Bertz CT molecular complexity index is 401. The van der Waals surface area contributed by atoms with E-state index in [1.54, 1.807) is 0 Å². The van der Waals surface area contributed by atoms with E-state index in [-0.39, 0.29) is 18.7 Å². The van der Waals surface area contributed by atoms with Crippen LogP contribution in [-0.4, -0.2) is 35.2 Å². The third-order valence-electron chi connectivity index (χ3n) is 4.56. The highest BCUT2D eigenvalue weighted by Gasteiger charge is 2.33. The lowest BCUT2D eigenvalue weighted by Gasteiger charge is -2.39. The number of rotatable bonds is 7. The molecule has 1 aromatic heterocycles. The van der Waals surface area contributed by atoms with Crippen molar-refractivity contribution in [3.63, 3.8) is 0 Å². The summed E-state index contributed by atoms with van der Waals surface area (Å²) in [7, 11) is 0. The van der Waals surface area contributed by atoms with Crippen LogP contribution >= 0.6 is 11.3 Å². The molecule has 2 unspecified atom stereocenters. The number of aliphatic hydroxyl groups excluding tert-OH is 1. The molecule has 0 aromatic carbocycles. The van der Waals surface area contributed by atoms with Gasteiger partial charge in [-0.3, -0.25) is 4.90 Å². The second kappa shape index (κ2) is 7.55. The number of thiophene rings is 1. The van der Waals surface area contributed by atoms with Crippen LogP contribution in [0.15, 0.2) is 11.4 Å². The zero-order valence-corrected chi connectivity index (χ0v) is 13.5. The SMILES string of the molecule is CCC(N)C(c1sccc1C)N(CCO)C1CCCC1. The summed E-state index contributed by atoms with van der Waals surface area (Å²) in [6.07, 6.45) is 6.08. The Morgan fingerprint density at radius 3 is 2.65 bits per heavy atom. The molecule has 1 aromatic rings. The summed E-state index contributed by atoms with van der Waals surface area (Å²) in [4.78, 5) is 3.87. The Morgan fingerprint density at radius 2 is 2.15 bits per heavy atom. The summed E-state index contributed by atoms with van der Waals surface area (Å²) >= 11 is 1.81. The van der Waals surface area contributed by atoms with Crippen molar-refractivity contribution in [2.45, 2.75) is 64.1 Å². The first-order valence-corrected chi connectivity index (χ1v) is 8.73. The van der Waals surface area contributed by atoms with Crippen LogP contribution in [0, 0.1) is 6.92 Å². The molecular weight excluding hydrogens is 268 g/mol. The third-order valence-corrected chi connectivity index (χ3v) is 5.65. The van der Waals surface area contributed by atoms with Gasteiger partial charge in [0.15, 0.2) is 0 Å². The number of hydrogen-bond acceptors (Lipinski definition) is 4. The van der Waals surface area contributed by atoms with E-state index in [0.29, 0.717) is 6.04 Å². The summed E-state index contributed by atoms with van der Waals surface area (Å²) in [6.45, 7) is 5.29. The standard InChI is InChI=1S/C16H28N2OS/c1-3-14(17)15(16-12(2)8-11-20-16)18(9-10-19)13-6-4-5-7-13/h8,11,13-15,19H,3-7,9-10,17H2,1-2H3. The van der Waals surface area contributed by atoms with Crippen molar-refractivity contribution < 1.29 is 5.11 Å². The van der Waals surface area contributed by atoms with Gasteiger partial charge in [0.05, 0.1) is 12.6 Å². The van der Waals surface area contributed by atoms with Gasteiger partial charge in [0.2, 0.25) is 0 Å². The van der Waals surface area contributed by atoms with E-state index in [1.165, 1.54) is 36.1 Å². The normalized spacial score (nSPS) is 19.6. The number of hydrogen-bond donors (Lipinski definition) is 2. The van der Waals surface area contributed by atoms with Crippen molar-refractivity contribution in [3.05, 3.63) is 21.9 Å². The highest BCUT2D eigenvalue weighted by Crippen LogP contribution is 2.36. The predicted molar refractivity (Wildman–Crippen MR) is 86.1 cm³/mol. The van der Waals surface area contributed by atoms with Crippen LogP contribution in [0.1, 0.15) is 55.5 Å². The van der Waals surface area contributed by atoms with Crippen LogP contribution < -0.4 is 5.73 Å². The van der Waals surface area contributed by atoms with Gasteiger partial charge >= 0.3 is 0 Å². The summed E-state index contributed by atoms with van der Waals surface area (Å²) in [5.74, 6) is 0. The summed E-state index contributed by atoms with van der Waals surface area (Å²) in [5, 5.41) is 11.6. The van der Waals surface area contributed by atoms with E-state index < -0.39 is 0 Å². The topological polar surface area (TPSA) is 49.5 Å². The average molecular weight is 296 g/mol. The molecule has 2 atom stereocenters. The van der Waals surface area contributed by atoms with E-state index in [0.717, 1.165) is 13.0 Å². The number of aliphatic hydroxyl groups is 1. The lowest BCUT2D eigenvalue weighted by atomic mass is 9.98. The molecule has 1 aliphatic carbocycles. The fourth-order valence-corrected chi connectivity index (χ4v) is 4.52. The van der Waals surface area contributed by atoms with E-state index in [9.17, 15) is 5.11 Å². The molecule has 1 heterocycles. The van der Waals surface area contributed by atoms with Crippen LogP contribution in [0.4, 0.5) is 0 Å². The second-order valence-electron chi connectivity index (χ2n) is 5.88. The van der Waals surface area contributed by atoms with Gasteiger partial charge in [0, 0.05) is 23.5 Å². The number of nitrogens with zero attached hydrogens (tertiary/aromatic N) is 1. The smallest absolute Gasteiger partial charge is 0.0599 e. The Hall–Kier alpha value is -0.420. The van der Waals surface area contributed by atoms with Gasteiger partial charge < -0.3 is 10.8 Å². The highest BCUT2D eigenvalue weighted by atomic mass is 32.1. The molecule has 0 saturated heterocycles. The summed E-state index contributed by atoms with van der Waals surface area (Å²) in [6, 6.07) is 3.17. The quantitative estimate of drug-likeness (QED) is 0.813. The minimum atomic E-state index is 0.138. The molecule has 0 amide bonds. The van der Waals surface area contributed by atoms with Crippen LogP contribution in [0.2, 0.25) is 0 Å². The van der Waals surface area contributed by atoms with Crippen LogP contribution in [0.5, 0.6) is 0 Å². The van der Waals surface area contributed by atoms with Gasteiger partial charge in [-0.2, -0.15) is 0 Å². The molecule has 0 aliphatic heterocycles. The monoisotopic (exact) mass is 296 g/mol. The lowest BCUT2D eigenvalue weighted by molar-refractivity contribution is 0.0897. The van der Waals surface area contributed by atoms with Gasteiger partial charge in [-0.05, 0) is 43.2 Å². The molecule has 2 rings (SSSR count). The van der Waals surface area contributed by atoms with Gasteiger partial charge in [-0.15, -0.1) is 11.3 Å². The van der Waals surface area contributed by atoms with Crippen LogP contribution in [0.25, 0.3) is 0 Å². The molecular formula is C16H28N2OS. The Balaban J connectivity index is 2.29. The molecule has 1 saturated carbocycles. The molecule has 1 aliphatic rings. The van der Waals surface area contributed by atoms with Crippen LogP contribution in [-0.2, 0) is 0 Å². The van der Waals surface area contributed by atoms with E-state index in [2.05, 4.69) is 30.2 Å². The highest BCUT2D eigenvalue weighted by molar-refractivity contribution is 7.10.